The predicted octanol–water partition coefficient (Wildman–Crippen LogP) is 3.60. The summed E-state index contributed by atoms with van der Waals surface area (Å²) in [5.74, 6) is -0.214. The Hall–Kier alpha value is -4.36. The highest BCUT2D eigenvalue weighted by atomic mass is 16.6. The van der Waals surface area contributed by atoms with Crippen LogP contribution in [0.5, 0.6) is 0 Å². The van der Waals surface area contributed by atoms with Crippen LogP contribution >= 0.6 is 0 Å². The molecule has 7 rings (SSSR count). The second-order valence-electron chi connectivity index (χ2n) is 14.8. The molecule has 3 fully saturated rings. The molecule has 0 aliphatic carbocycles. The van der Waals surface area contributed by atoms with Gasteiger partial charge in [0.2, 0.25) is 0 Å². The van der Waals surface area contributed by atoms with Gasteiger partial charge < -0.3 is 44.7 Å². The Balaban J connectivity index is 1.01. The van der Waals surface area contributed by atoms with Crippen molar-refractivity contribution < 1.29 is 24.2 Å². The third-order valence-electron chi connectivity index (χ3n) is 11.3. The van der Waals surface area contributed by atoms with Crippen molar-refractivity contribution in [2.45, 2.75) is 89.0 Å². The average Bonchev–Trinajstić information content (AvgIpc) is 3.40. The fourth-order valence-electron chi connectivity index (χ4n) is 8.23. The van der Waals surface area contributed by atoms with Crippen molar-refractivity contribution in [2.75, 3.05) is 51.1 Å². The van der Waals surface area contributed by atoms with Crippen LogP contribution in [0.25, 0.3) is 11.0 Å². The number of benzene rings is 2. The molecule has 3 saturated heterocycles. The van der Waals surface area contributed by atoms with Gasteiger partial charge in [-0.3, -0.25) is 4.79 Å². The number of nitrogens with zero attached hydrogens (tertiary/aromatic N) is 4. The van der Waals surface area contributed by atoms with Crippen molar-refractivity contribution in [3.63, 3.8) is 0 Å². The van der Waals surface area contributed by atoms with Crippen molar-refractivity contribution in [3.05, 3.63) is 63.6 Å². The molecule has 13 nitrogen and oxygen atoms in total. The number of fused-ring (bicyclic) bond motifs is 2. The molecule has 1 aromatic heterocycles. The number of anilines is 1. The number of aromatic amines is 2. The molecule has 5 heterocycles. The molecule has 0 unspecified atom stereocenters. The number of ether oxygens (including phenoxy) is 1. The first-order valence-corrected chi connectivity index (χ1v) is 18.1. The molecule has 0 saturated carbocycles. The van der Waals surface area contributed by atoms with Crippen LogP contribution < -0.4 is 11.0 Å². The van der Waals surface area contributed by atoms with Crippen LogP contribution in [0.1, 0.15) is 62.1 Å². The van der Waals surface area contributed by atoms with Gasteiger partial charge in [0.05, 0.1) is 16.6 Å². The van der Waals surface area contributed by atoms with Gasteiger partial charge in [0.15, 0.2) is 6.10 Å². The van der Waals surface area contributed by atoms with E-state index in [0.717, 1.165) is 67.6 Å². The van der Waals surface area contributed by atoms with E-state index in [1.165, 1.54) is 0 Å². The van der Waals surface area contributed by atoms with Crippen molar-refractivity contribution >= 4 is 34.8 Å². The molecule has 4 N–H and O–H groups in total. The molecule has 0 bridgehead atoms. The lowest BCUT2D eigenvalue weighted by atomic mass is 9.91. The summed E-state index contributed by atoms with van der Waals surface area (Å²) in [7, 11) is 0. The van der Waals surface area contributed by atoms with E-state index in [1.807, 2.05) is 60.0 Å². The van der Waals surface area contributed by atoms with Gasteiger partial charge in [0.1, 0.15) is 0 Å². The van der Waals surface area contributed by atoms with Crippen molar-refractivity contribution in [3.8, 4) is 0 Å². The van der Waals surface area contributed by atoms with Gasteiger partial charge in [-0.05, 0) is 87.6 Å². The van der Waals surface area contributed by atoms with E-state index < -0.39 is 17.8 Å². The van der Waals surface area contributed by atoms with E-state index in [4.69, 9.17) is 4.74 Å². The summed E-state index contributed by atoms with van der Waals surface area (Å²) in [5, 5.41) is 13.4. The summed E-state index contributed by atoms with van der Waals surface area (Å²) < 4.78 is 6.08. The van der Waals surface area contributed by atoms with Gasteiger partial charge in [-0.25, -0.2) is 14.4 Å². The molecule has 0 spiro atoms. The molecule has 4 amide bonds. The Labute approximate surface area is 291 Å². The summed E-state index contributed by atoms with van der Waals surface area (Å²) in [6, 6.07) is 11.9. The minimum Gasteiger partial charge on any atom is -0.436 e. The number of piperidine rings is 3. The highest BCUT2D eigenvalue weighted by Gasteiger charge is 2.37. The van der Waals surface area contributed by atoms with Gasteiger partial charge in [0.25, 0.3) is 5.91 Å². The Bertz CT molecular complexity index is 1780. The number of hydrogen-bond donors (Lipinski definition) is 4. The Kier molecular flexibility index (Phi) is 9.62. The lowest BCUT2D eigenvalue weighted by Gasteiger charge is -2.43. The second-order valence-corrected chi connectivity index (χ2v) is 14.8. The number of carbonyl (C=O) groups is 3. The van der Waals surface area contributed by atoms with E-state index >= 15 is 0 Å². The number of aliphatic hydroxyl groups is 1. The molecular weight excluding hydrogens is 638 g/mol. The number of urea groups is 1. The zero-order valence-corrected chi connectivity index (χ0v) is 29.1. The van der Waals surface area contributed by atoms with Crippen LogP contribution in [0, 0.1) is 6.92 Å². The second kappa shape index (κ2) is 14.1. The molecule has 4 aliphatic heterocycles. The van der Waals surface area contributed by atoms with Crippen LogP contribution in [-0.4, -0.2) is 122 Å². The molecule has 2 aromatic carbocycles. The number of rotatable bonds is 6. The maximum Gasteiger partial charge on any atom is 0.410 e. The van der Waals surface area contributed by atoms with Gasteiger partial charge in [-0.15, -0.1) is 0 Å². The van der Waals surface area contributed by atoms with Gasteiger partial charge in [0, 0.05) is 70.0 Å². The zero-order chi connectivity index (χ0) is 35.0. The van der Waals surface area contributed by atoms with Crippen molar-refractivity contribution in [1.82, 2.24) is 29.6 Å². The highest BCUT2D eigenvalue weighted by Crippen LogP contribution is 2.28. The number of para-hydroxylation sites is 1. The predicted molar refractivity (Wildman–Crippen MR) is 189 cm³/mol. The standard InChI is InChI=1S/C37H49N7O6/c1-24-21-25(22-30-32(24)40-34(46)38-30)23-31(33(45)42-14-8-27(9-15-42)41-19-12-37(2,49)13-20-41)50-36(48)43-16-10-28(11-17-43)44-18-7-26-5-3-4-6-29(26)39-35(44)47/h3-6,21-22,27-28,31,49H,7-20,23H2,1-2H3,(H,39,47)(H2,38,40,46)/t31-/m1/s1. The molecule has 4 aliphatic rings. The largest absolute Gasteiger partial charge is 0.436 e. The Morgan fingerprint density at radius 3 is 2.34 bits per heavy atom. The minimum atomic E-state index is -1.03. The zero-order valence-electron chi connectivity index (χ0n) is 29.1. The van der Waals surface area contributed by atoms with Crippen LogP contribution in [0.4, 0.5) is 15.3 Å². The summed E-state index contributed by atoms with van der Waals surface area (Å²) in [6.45, 7) is 8.09. The lowest BCUT2D eigenvalue weighted by Crippen LogP contribution is -2.54. The first-order valence-electron chi connectivity index (χ1n) is 18.1. The first kappa shape index (κ1) is 34.1. The van der Waals surface area contributed by atoms with E-state index in [0.29, 0.717) is 62.6 Å². The van der Waals surface area contributed by atoms with Crippen LogP contribution in [-0.2, 0) is 22.4 Å². The van der Waals surface area contributed by atoms with E-state index in [9.17, 15) is 24.3 Å². The Morgan fingerprint density at radius 2 is 1.60 bits per heavy atom. The number of amides is 4. The number of carbonyl (C=O) groups excluding carboxylic acids is 3. The first-order chi connectivity index (χ1) is 24.0. The number of likely N-dealkylation sites (tertiary alicyclic amines) is 3. The van der Waals surface area contributed by atoms with Crippen molar-refractivity contribution in [1.29, 1.82) is 0 Å². The summed E-state index contributed by atoms with van der Waals surface area (Å²) in [4.78, 5) is 66.3. The number of H-pyrrole nitrogens is 2. The van der Waals surface area contributed by atoms with Gasteiger partial charge in [-0.2, -0.15) is 0 Å². The molecule has 13 heteroatoms. The fourth-order valence-corrected chi connectivity index (χ4v) is 8.23. The fraction of sp³-hybridized carbons (Fsp3) is 0.568. The normalized spacial score (nSPS) is 21.4. The summed E-state index contributed by atoms with van der Waals surface area (Å²) >= 11 is 0. The van der Waals surface area contributed by atoms with Crippen LogP contribution in [0.3, 0.4) is 0 Å². The van der Waals surface area contributed by atoms with E-state index in [-0.39, 0.29) is 30.1 Å². The number of nitrogens with one attached hydrogen (secondary N) is 3. The topological polar surface area (TPSA) is 154 Å². The number of aromatic nitrogens is 2. The lowest BCUT2D eigenvalue weighted by molar-refractivity contribution is -0.142. The molecule has 50 heavy (non-hydrogen) atoms. The SMILES string of the molecule is Cc1cc(C[C@@H](OC(=O)N2CCC(N3CCc4ccccc4NC3=O)CC2)C(=O)N2CCC(N3CCC(C)(O)CC3)CC2)cc2[nH]c(=O)[nH]c12. The molecule has 1 atom stereocenters. The number of hydrogen-bond acceptors (Lipinski definition) is 7. The number of imidazole rings is 1. The maximum atomic E-state index is 14.1. The Morgan fingerprint density at radius 1 is 0.920 bits per heavy atom. The highest BCUT2D eigenvalue weighted by molar-refractivity contribution is 5.91. The third kappa shape index (κ3) is 7.39. The maximum absolute atomic E-state index is 14.1. The van der Waals surface area contributed by atoms with E-state index in [1.54, 1.807) is 4.90 Å². The van der Waals surface area contributed by atoms with Gasteiger partial charge in [-0.1, -0.05) is 24.3 Å². The molecular formula is C37H49N7O6. The van der Waals surface area contributed by atoms with Crippen LogP contribution in [0.15, 0.2) is 41.2 Å². The quantitative estimate of drug-likeness (QED) is 0.309. The minimum absolute atomic E-state index is 0.00340. The molecule has 268 valence electrons. The molecule has 0 radical (unpaired) electrons. The van der Waals surface area contributed by atoms with Crippen molar-refractivity contribution in [2.24, 2.45) is 0 Å². The average molecular weight is 688 g/mol. The smallest absolute Gasteiger partial charge is 0.410 e. The van der Waals surface area contributed by atoms with E-state index in [2.05, 4.69) is 20.2 Å². The summed E-state index contributed by atoms with van der Waals surface area (Å²) in [5.41, 5.74) is 4.06. The third-order valence-corrected chi connectivity index (χ3v) is 11.3. The monoisotopic (exact) mass is 687 g/mol. The van der Waals surface area contributed by atoms with Crippen LogP contribution in [0.2, 0.25) is 0 Å². The summed E-state index contributed by atoms with van der Waals surface area (Å²) in [6.07, 6.45) is 3.77. The molecule has 3 aromatic rings. The van der Waals surface area contributed by atoms with Gasteiger partial charge >= 0.3 is 17.8 Å². The number of aryl methyl sites for hydroxylation is 1.